The zero-order valence-electron chi connectivity index (χ0n) is 79.2. The number of pyridine rings is 8. The number of fused-ring (bicyclic) bond motifs is 16. The number of aryl methyl sites for hydroxylation is 2. The van der Waals surface area contributed by atoms with Crippen molar-refractivity contribution in [1.82, 2.24) is 67.3 Å². The summed E-state index contributed by atoms with van der Waals surface area (Å²) in [4.78, 5) is 50.0. The van der Waals surface area contributed by atoms with Crippen molar-refractivity contribution in [3.63, 3.8) is 0 Å². The van der Waals surface area contributed by atoms with Crippen LogP contribution in [0.25, 0.3) is 192 Å². The Kier molecular flexibility index (Phi) is 26.7. The normalized spacial score (nSPS) is 11.8. The number of hydrogen-bond acceptors (Lipinski definition) is 15. The van der Waals surface area contributed by atoms with Gasteiger partial charge in [-0.05, 0) is 131 Å². The van der Waals surface area contributed by atoms with Crippen molar-refractivity contribution in [3.05, 3.63) is 454 Å². The van der Waals surface area contributed by atoms with Gasteiger partial charge in [-0.1, -0.05) is 224 Å². The Morgan fingerprint density at radius 2 is 0.886 bits per heavy atom. The number of aromatic nitrogens is 15. The number of benzene rings is 10. The van der Waals surface area contributed by atoms with Crippen molar-refractivity contribution >= 4 is 199 Å². The van der Waals surface area contributed by atoms with Crippen molar-refractivity contribution < 1.29 is 88.8 Å². The van der Waals surface area contributed by atoms with Crippen LogP contribution in [-0.2, 0) is 98.4 Å². The van der Waals surface area contributed by atoms with Crippen LogP contribution in [0.3, 0.4) is 0 Å². The Hall–Kier alpha value is -15.4. The zero-order valence-corrected chi connectivity index (χ0v) is 91.6. The molecule has 0 unspecified atom stereocenters. The van der Waals surface area contributed by atoms with E-state index >= 15 is 0 Å². The average molecular weight is 2720 g/mol. The third kappa shape index (κ3) is 17.4. The van der Waals surface area contributed by atoms with Crippen LogP contribution >= 0.6 is 45.8 Å². The molecule has 0 atom stereocenters. The third-order valence-corrected chi connectivity index (χ3v) is 30.7. The first kappa shape index (κ1) is 97.0. The molecular weight excluding hydrogens is 2640 g/mol. The van der Waals surface area contributed by atoms with Crippen molar-refractivity contribution in [2.75, 3.05) is 21.7 Å². The summed E-state index contributed by atoms with van der Waals surface area (Å²) < 4.78 is 17.3. The summed E-state index contributed by atoms with van der Waals surface area (Å²) in [5, 5.41) is 17.6. The van der Waals surface area contributed by atoms with E-state index in [0.717, 1.165) is 218 Å². The molecule has 722 valence electrons. The van der Waals surface area contributed by atoms with Crippen molar-refractivity contribution in [1.29, 1.82) is 0 Å². The van der Waals surface area contributed by atoms with Crippen molar-refractivity contribution in [2.24, 2.45) is 14.1 Å². The van der Waals surface area contributed by atoms with Crippen LogP contribution in [-0.4, -0.2) is 74.3 Å². The molecule has 18 nitrogen and oxygen atoms in total. The zero-order chi connectivity index (χ0) is 96.3. The molecule has 26 heteroatoms. The van der Waals surface area contributed by atoms with Crippen LogP contribution in [0.4, 0.5) is 46.0 Å². The molecule has 30 rings (SSSR count). The molecule has 0 radical (unpaired) electrons. The molecule has 0 bridgehead atoms. The van der Waals surface area contributed by atoms with Gasteiger partial charge < -0.3 is 27.7 Å². The average Bonchev–Trinajstić information content (AvgIpc) is 1.73. The molecule has 18 aromatic heterocycles. The molecule has 0 fully saturated rings. The van der Waals surface area contributed by atoms with Gasteiger partial charge in [-0.15, -0.1) is 124 Å². The molecule has 2 aliphatic rings. The number of para-hydroxylation sites is 8. The summed E-state index contributed by atoms with van der Waals surface area (Å²) in [5.74, 6) is 7.54. The Morgan fingerprint density at radius 1 is 0.342 bits per heavy atom. The second-order valence-corrected chi connectivity index (χ2v) is 39.2. The van der Waals surface area contributed by atoms with Gasteiger partial charge in [-0.25, -0.2) is 58.9 Å². The second kappa shape index (κ2) is 41.0. The Labute approximate surface area is 930 Å². The molecule has 0 spiro atoms. The van der Waals surface area contributed by atoms with E-state index in [1.165, 1.54) is 30.0 Å². The van der Waals surface area contributed by atoms with Crippen LogP contribution in [0.15, 0.2) is 421 Å². The minimum Gasteiger partial charge on any atom is -0.429 e. The number of thiophene rings is 3. The molecule has 2 aliphatic heterocycles. The first-order chi connectivity index (χ1) is 71.6. The summed E-state index contributed by atoms with van der Waals surface area (Å²) in [6.45, 7) is 0. The van der Waals surface area contributed by atoms with Crippen LogP contribution in [0.1, 0.15) is 0 Å². The molecular formula is C123H77N18Pt4S4+. The van der Waals surface area contributed by atoms with Crippen LogP contribution < -0.4 is 19.3 Å². The minimum absolute atomic E-state index is 0. The molecule has 10 aromatic carbocycles. The van der Waals surface area contributed by atoms with E-state index in [4.69, 9.17) is 39.9 Å². The first-order valence-electron chi connectivity index (χ1n) is 47.3. The summed E-state index contributed by atoms with van der Waals surface area (Å²) >= 11 is 6.91. The molecule has 0 saturated carbocycles. The second-order valence-electron chi connectivity index (χ2n) is 35.2. The van der Waals surface area contributed by atoms with Crippen LogP contribution in [0.2, 0.25) is 0 Å². The maximum absolute atomic E-state index is 5.32. The number of hydrogen-bond donors (Lipinski definition) is 0. The van der Waals surface area contributed by atoms with E-state index in [9.17, 15) is 0 Å². The van der Waals surface area contributed by atoms with Gasteiger partial charge in [0.05, 0.1) is 58.6 Å². The fourth-order valence-corrected chi connectivity index (χ4v) is 23.6. The van der Waals surface area contributed by atoms with E-state index in [2.05, 4.69) is 366 Å². The fourth-order valence-electron chi connectivity index (χ4n) is 20.1. The molecule has 0 amide bonds. The van der Waals surface area contributed by atoms with Crippen molar-refractivity contribution in [2.45, 2.75) is 9.79 Å². The monoisotopic (exact) mass is 2710 g/mol. The van der Waals surface area contributed by atoms with Crippen LogP contribution in [0.5, 0.6) is 0 Å². The summed E-state index contributed by atoms with van der Waals surface area (Å²) in [5.41, 5.74) is 22.3. The topological polar surface area (TPSA) is 146 Å². The molecule has 28 aromatic rings. The van der Waals surface area contributed by atoms with Gasteiger partial charge in [0, 0.05) is 63.0 Å². The van der Waals surface area contributed by atoms with E-state index in [-0.39, 0.29) is 84.3 Å². The van der Waals surface area contributed by atoms with Gasteiger partial charge in [0.15, 0.2) is 17.3 Å². The smallest absolute Gasteiger partial charge is 0.429 e. The maximum atomic E-state index is 5.32. The summed E-state index contributed by atoms with van der Waals surface area (Å²) in [6.07, 6.45) is 11.7. The number of rotatable bonds is 12. The predicted molar refractivity (Wildman–Crippen MR) is 590 cm³/mol. The largest absolute Gasteiger partial charge is 2.00 e. The third-order valence-electron chi connectivity index (χ3n) is 26.7. The Morgan fingerprint density at radius 3 is 1.61 bits per heavy atom. The predicted octanol–water partition coefficient (Wildman–Crippen LogP) is 29.9. The van der Waals surface area contributed by atoms with Gasteiger partial charge in [-0.2, -0.15) is 71.4 Å². The van der Waals surface area contributed by atoms with Crippen molar-refractivity contribution in [3.8, 4) is 85.4 Å². The SMILES string of the molecule is CN1c2ccccc2N(c2cccc(-c3cccc4sc[c-]c34)n2)c2nc(-c3cn(C)c4c3[cH-]c[n+]4C)ccc21.[Pt+2].[Pt+2].[Pt+2].[Pt+2].[c-]1cccc2ccn(-c3cccc(-n4c5ccccc5c5ccc(-n6[c-]cc7ccccc76)nc54)n3)c12.[c-]1ccccc1-c1ccc2c3ccccc3n(-c3cccc(-c4csc5sc[c-]c45)n3)c2n1.[c-]1ccccc1-c1cccc(N2c3ccccc3Sc3ccc(-n4ccc5ccc[c-]c54)nc32)n1. The quantitative estimate of drug-likeness (QED) is 0.0847. The van der Waals surface area contributed by atoms with E-state index in [0.29, 0.717) is 0 Å². The molecule has 0 saturated heterocycles. The molecule has 20 heterocycles. The van der Waals surface area contributed by atoms with E-state index < -0.39 is 0 Å². The van der Waals surface area contributed by atoms with Gasteiger partial charge in [0.25, 0.3) is 0 Å². The van der Waals surface area contributed by atoms with E-state index in [1.807, 2.05) is 155 Å². The standard InChI is InChI=1S/C33H25N6S.C32H19N5.C30H18N4S.C28H15N3S2.4Pt/c1-36-18-16-23-24(20-37(2)33(23)36)26-14-15-29-32(35-26)39(28-11-5-4-10-27(28)38(29)3)31-13-7-9-25(34-31)21-8-6-12-30-22(21)17-19-40-30;1-4-11-26-22(8-1)18-20-35(26)29-14-7-15-31(33-29)37-28-13-6-3-10-24(28)25-16-17-30(34-32(25)37)36-21-19-23-9-2-5-12-27(23)36;1-2-9-21(10-3-1)23-12-8-16-29(31-23)34-25-14-6-7-15-26(25)35-27-17-18-28(32-30(27)34)33-20-19-22-11-4-5-13-24(22)33;1-2-7-18(8-3-1)23-14-13-20-19-9-4-5-11-25(19)31(27(20)30-23)26-12-6-10-24(29-26)22-17-33-28-21(22)15-16-32-28;;;;/h4-16,18-20H,1-3H3;1-10,12-20H;1-9,11-12,14-20H;1-7,9-14,16-17H;;;;/q-1;3*-2;4*+2. The summed E-state index contributed by atoms with van der Waals surface area (Å²) in [6, 6.07) is 146. The van der Waals surface area contributed by atoms with Gasteiger partial charge in [0.2, 0.25) is 0 Å². The van der Waals surface area contributed by atoms with Gasteiger partial charge in [-0.3, -0.25) is 33.9 Å². The first-order valence-corrected chi connectivity index (χ1v) is 50.8. The Bertz CT molecular complexity index is 9920. The van der Waals surface area contributed by atoms with Gasteiger partial charge >= 0.3 is 84.3 Å². The number of anilines is 8. The van der Waals surface area contributed by atoms with Crippen LogP contribution in [0, 0.1) is 42.6 Å². The maximum Gasteiger partial charge on any atom is 2.00 e. The molecule has 0 aliphatic carbocycles. The molecule has 0 N–H and O–H groups in total. The molecule has 149 heavy (non-hydrogen) atoms. The Balaban J connectivity index is 0.000000108. The summed E-state index contributed by atoms with van der Waals surface area (Å²) in [7, 11) is 6.26. The van der Waals surface area contributed by atoms with Gasteiger partial charge in [0.1, 0.15) is 46.2 Å². The number of nitrogens with zero attached hydrogens (tertiary/aromatic N) is 18. The fraction of sp³-hybridized carbons (Fsp3) is 0.0244. The van der Waals surface area contributed by atoms with E-state index in [1.54, 1.807) is 45.8 Å². The minimum atomic E-state index is 0.